The average molecular weight is 421 g/mol. The number of fused-ring (bicyclic) bond motifs is 3. The Morgan fingerprint density at radius 3 is 2.77 bits per heavy atom. The number of carbonyl (C=O) groups is 2. The topological polar surface area (TPSA) is 77.8 Å². The number of carbonyl (C=O) groups excluding carboxylic acids is 2. The van der Waals surface area contributed by atoms with Gasteiger partial charge in [0.1, 0.15) is 11.3 Å². The molecule has 2 aliphatic heterocycles. The molecule has 1 aromatic heterocycles. The zero-order valence-corrected chi connectivity index (χ0v) is 17.5. The van der Waals surface area contributed by atoms with Gasteiger partial charge in [-0.2, -0.15) is 0 Å². The van der Waals surface area contributed by atoms with E-state index in [1.54, 1.807) is 6.26 Å². The summed E-state index contributed by atoms with van der Waals surface area (Å²) in [7, 11) is 0. The van der Waals surface area contributed by atoms with Crippen molar-refractivity contribution >= 4 is 33.6 Å². The van der Waals surface area contributed by atoms with Gasteiger partial charge >= 0.3 is 0 Å². The highest BCUT2D eigenvalue weighted by Crippen LogP contribution is 2.37. The highest BCUT2D eigenvalue weighted by Gasteiger charge is 2.31. The van der Waals surface area contributed by atoms with Crippen LogP contribution in [0.2, 0.25) is 0 Å². The Balaban J connectivity index is 1.33. The zero-order chi connectivity index (χ0) is 21.2. The van der Waals surface area contributed by atoms with Crippen LogP contribution in [-0.2, 0) is 14.3 Å². The number of nitrogens with one attached hydrogen (secondary N) is 1. The van der Waals surface area contributed by atoms with Gasteiger partial charge in [-0.1, -0.05) is 6.07 Å². The monoisotopic (exact) mass is 421 g/mol. The maximum absolute atomic E-state index is 12.4. The first-order valence-electron chi connectivity index (χ1n) is 11.2. The van der Waals surface area contributed by atoms with Crippen LogP contribution in [0.1, 0.15) is 50.0 Å². The summed E-state index contributed by atoms with van der Waals surface area (Å²) in [5.74, 6) is 0.780. The maximum atomic E-state index is 12.4. The first-order chi connectivity index (χ1) is 15.2. The predicted molar refractivity (Wildman–Crippen MR) is 117 cm³/mol. The molecule has 0 aliphatic carbocycles. The van der Waals surface area contributed by atoms with Gasteiger partial charge in [-0.3, -0.25) is 14.9 Å². The largest absolute Gasteiger partial charge is 0.494 e. The van der Waals surface area contributed by atoms with Crippen molar-refractivity contribution in [3.8, 4) is 5.75 Å². The third-order valence-corrected chi connectivity index (χ3v) is 6.54. The van der Waals surface area contributed by atoms with E-state index in [9.17, 15) is 9.59 Å². The molecular weight excluding hydrogens is 394 g/mol. The molecule has 0 unspecified atom stereocenters. The lowest BCUT2D eigenvalue weighted by atomic mass is 9.89. The summed E-state index contributed by atoms with van der Waals surface area (Å²) in [6, 6.07) is 10.0. The van der Waals surface area contributed by atoms with E-state index in [2.05, 4.69) is 5.32 Å². The van der Waals surface area contributed by atoms with E-state index in [-0.39, 0.29) is 17.7 Å². The second-order valence-electron chi connectivity index (χ2n) is 8.56. The van der Waals surface area contributed by atoms with Gasteiger partial charge in [-0.15, -0.1) is 0 Å². The van der Waals surface area contributed by atoms with Crippen LogP contribution in [0.4, 0.5) is 0 Å². The molecule has 0 saturated carbocycles. The fraction of sp³-hybridized carbons (Fsp3) is 0.440. The Labute approximate surface area is 180 Å². The Morgan fingerprint density at radius 2 is 1.94 bits per heavy atom. The van der Waals surface area contributed by atoms with Crippen molar-refractivity contribution in [1.29, 1.82) is 0 Å². The molecule has 31 heavy (non-hydrogen) atoms. The van der Waals surface area contributed by atoms with Crippen LogP contribution >= 0.6 is 0 Å². The number of benzene rings is 2. The van der Waals surface area contributed by atoms with Crippen molar-refractivity contribution in [2.24, 2.45) is 5.92 Å². The van der Waals surface area contributed by atoms with Gasteiger partial charge in [0.15, 0.2) is 0 Å². The summed E-state index contributed by atoms with van der Waals surface area (Å²) in [6.07, 6.45) is 7.05. The molecule has 162 valence electrons. The van der Waals surface area contributed by atoms with E-state index in [1.165, 1.54) is 6.42 Å². The summed E-state index contributed by atoms with van der Waals surface area (Å²) in [4.78, 5) is 23.9. The van der Waals surface area contributed by atoms with Crippen molar-refractivity contribution in [3.63, 3.8) is 0 Å². The second kappa shape index (κ2) is 8.71. The van der Waals surface area contributed by atoms with Gasteiger partial charge in [-0.25, -0.2) is 0 Å². The molecule has 2 aliphatic rings. The van der Waals surface area contributed by atoms with Crippen LogP contribution in [0, 0.1) is 5.92 Å². The predicted octanol–water partition coefficient (Wildman–Crippen LogP) is 4.69. The molecule has 1 atom stereocenters. The Morgan fingerprint density at radius 1 is 1.06 bits per heavy atom. The lowest BCUT2D eigenvalue weighted by Gasteiger charge is -2.21. The minimum Gasteiger partial charge on any atom is -0.494 e. The minimum absolute atomic E-state index is 0.211. The van der Waals surface area contributed by atoms with Gasteiger partial charge in [0.25, 0.3) is 0 Å². The highest BCUT2D eigenvalue weighted by atomic mass is 16.5. The molecule has 6 nitrogen and oxygen atoms in total. The normalized spacial score (nSPS) is 20.3. The molecule has 6 heteroatoms. The van der Waals surface area contributed by atoms with E-state index in [0.29, 0.717) is 19.4 Å². The highest BCUT2D eigenvalue weighted by molar-refractivity contribution is 6.10. The summed E-state index contributed by atoms with van der Waals surface area (Å²) in [5.41, 5.74) is 1.59. The summed E-state index contributed by atoms with van der Waals surface area (Å²) >= 11 is 0. The van der Waals surface area contributed by atoms with Crippen LogP contribution in [0.25, 0.3) is 21.7 Å². The first kappa shape index (κ1) is 20.1. The molecule has 5 rings (SSSR count). The maximum Gasteiger partial charge on any atom is 0.234 e. The molecule has 2 amide bonds. The Kier molecular flexibility index (Phi) is 5.64. The van der Waals surface area contributed by atoms with Gasteiger partial charge in [0.05, 0.1) is 18.8 Å². The molecule has 2 fully saturated rings. The van der Waals surface area contributed by atoms with Crippen LogP contribution in [0.3, 0.4) is 0 Å². The number of furan rings is 1. The number of piperidine rings is 1. The number of hydrogen-bond acceptors (Lipinski definition) is 5. The molecule has 3 heterocycles. The Bertz CT molecular complexity index is 1110. The average Bonchev–Trinajstić information content (AvgIpc) is 3.21. The summed E-state index contributed by atoms with van der Waals surface area (Å²) in [6.45, 7) is 2.48. The Hall–Kier alpha value is -2.86. The summed E-state index contributed by atoms with van der Waals surface area (Å²) < 4.78 is 17.2. The fourth-order valence-corrected chi connectivity index (χ4v) is 4.80. The van der Waals surface area contributed by atoms with E-state index < -0.39 is 0 Å². The number of hydrogen-bond donors (Lipinski definition) is 1. The van der Waals surface area contributed by atoms with Crippen molar-refractivity contribution < 1.29 is 23.5 Å². The molecule has 0 radical (unpaired) electrons. The van der Waals surface area contributed by atoms with E-state index in [0.717, 1.165) is 71.4 Å². The van der Waals surface area contributed by atoms with E-state index >= 15 is 0 Å². The van der Waals surface area contributed by atoms with Crippen LogP contribution in [-0.4, -0.2) is 31.6 Å². The minimum atomic E-state index is -0.370. The van der Waals surface area contributed by atoms with Crippen LogP contribution in [0.5, 0.6) is 5.75 Å². The molecule has 2 aromatic carbocycles. The second-order valence-corrected chi connectivity index (χ2v) is 8.56. The fourth-order valence-electron chi connectivity index (χ4n) is 4.80. The molecule has 0 bridgehead atoms. The van der Waals surface area contributed by atoms with Crippen molar-refractivity contribution in [2.75, 3.05) is 19.8 Å². The SMILES string of the molecule is O=C1CC[C@H](c2coc3ccc4cc(OCCCC5CCOCC5)ccc4c23)C(=O)N1. The van der Waals surface area contributed by atoms with Crippen molar-refractivity contribution in [1.82, 2.24) is 5.32 Å². The van der Waals surface area contributed by atoms with Gasteiger partial charge < -0.3 is 13.9 Å². The van der Waals surface area contributed by atoms with E-state index in [4.69, 9.17) is 13.9 Å². The van der Waals surface area contributed by atoms with Gasteiger partial charge in [0.2, 0.25) is 11.8 Å². The number of amides is 2. The quantitative estimate of drug-likeness (QED) is 0.461. The lowest BCUT2D eigenvalue weighted by Crippen LogP contribution is -2.39. The molecular formula is C25H27NO5. The number of rotatable bonds is 6. The van der Waals surface area contributed by atoms with Crippen molar-refractivity contribution in [2.45, 2.75) is 44.4 Å². The van der Waals surface area contributed by atoms with Gasteiger partial charge in [-0.05, 0) is 73.1 Å². The van der Waals surface area contributed by atoms with Crippen molar-refractivity contribution in [3.05, 3.63) is 42.2 Å². The summed E-state index contributed by atoms with van der Waals surface area (Å²) in [5, 5.41) is 5.46. The molecule has 0 spiro atoms. The van der Waals surface area contributed by atoms with E-state index in [1.807, 2.05) is 30.3 Å². The molecule has 1 N–H and O–H groups in total. The smallest absolute Gasteiger partial charge is 0.234 e. The molecule has 3 aromatic rings. The molecule has 2 saturated heterocycles. The zero-order valence-electron chi connectivity index (χ0n) is 17.5. The first-order valence-corrected chi connectivity index (χ1v) is 11.2. The van der Waals surface area contributed by atoms with Crippen LogP contribution in [0.15, 0.2) is 41.0 Å². The van der Waals surface area contributed by atoms with Crippen LogP contribution < -0.4 is 10.1 Å². The van der Waals surface area contributed by atoms with Gasteiger partial charge in [0, 0.05) is 30.6 Å². The third-order valence-electron chi connectivity index (χ3n) is 6.54. The lowest BCUT2D eigenvalue weighted by molar-refractivity contribution is -0.134. The number of imide groups is 1. The third kappa shape index (κ3) is 4.17. The standard InChI is InChI=1S/C25H27NO5/c27-23-8-6-20(25(28)26-23)21-15-31-22-7-3-17-14-18(4-5-19(17)24(21)22)30-11-1-2-16-9-12-29-13-10-16/h3-5,7,14-16,20H,1-2,6,8-13H2,(H,26,27,28)/t20-/m1/s1. The number of ether oxygens (including phenoxy) is 2.